The molecule has 3 rings (SSSR count). The average molecular weight is 270 g/mol. The molecule has 0 saturated heterocycles. The number of fused-ring (bicyclic) bond motifs is 1. The molecule has 5 heteroatoms. The summed E-state index contributed by atoms with van der Waals surface area (Å²) in [4.78, 5) is 12.8. The predicted molar refractivity (Wildman–Crippen MR) is 76.9 cm³/mol. The van der Waals surface area contributed by atoms with Crippen molar-refractivity contribution < 1.29 is 0 Å². The summed E-state index contributed by atoms with van der Waals surface area (Å²) in [5.41, 5.74) is 2.06. The highest BCUT2D eigenvalue weighted by Gasteiger charge is 2.10. The number of rotatable bonds is 4. The minimum Gasteiger partial charge on any atom is -0.302 e. The Morgan fingerprint density at radius 1 is 1.26 bits per heavy atom. The molecule has 0 aliphatic carbocycles. The van der Waals surface area contributed by atoms with Crippen molar-refractivity contribution in [2.45, 2.75) is 19.5 Å². The molecule has 0 spiro atoms. The summed E-state index contributed by atoms with van der Waals surface area (Å²) in [6.45, 7) is 2.85. The van der Waals surface area contributed by atoms with Crippen molar-refractivity contribution in [3.63, 3.8) is 0 Å². The number of hydrogen-bond donors (Lipinski definition) is 1. The van der Waals surface area contributed by atoms with Gasteiger partial charge in [-0.25, -0.2) is 15.0 Å². The van der Waals surface area contributed by atoms with Crippen LogP contribution in [0.15, 0.2) is 42.9 Å². The lowest BCUT2D eigenvalue weighted by molar-refractivity contribution is 0.565. The molecule has 1 aromatic carbocycles. The minimum atomic E-state index is 0.215. The second kappa shape index (κ2) is 5.42. The van der Waals surface area contributed by atoms with Crippen LogP contribution in [0.25, 0.3) is 10.2 Å². The zero-order chi connectivity index (χ0) is 13.1. The topological polar surface area (TPSA) is 50.7 Å². The zero-order valence-corrected chi connectivity index (χ0v) is 11.4. The molecule has 1 N–H and O–H groups in total. The molecule has 0 radical (unpaired) electrons. The van der Waals surface area contributed by atoms with E-state index in [-0.39, 0.29) is 6.04 Å². The summed E-state index contributed by atoms with van der Waals surface area (Å²) in [5.74, 6) is 0. The lowest BCUT2D eigenvalue weighted by atomic mass is 10.3. The molecule has 0 aliphatic rings. The van der Waals surface area contributed by atoms with E-state index in [2.05, 4.69) is 33.3 Å². The van der Waals surface area contributed by atoms with Crippen LogP contribution in [-0.4, -0.2) is 15.0 Å². The number of nitrogens with one attached hydrogen (secondary N) is 1. The highest BCUT2D eigenvalue weighted by atomic mass is 32.1. The summed E-state index contributed by atoms with van der Waals surface area (Å²) in [6, 6.07) is 10.3. The smallest absolute Gasteiger partial charge is 0.115 e. The fourth-order valence-corrected chi connectivity index (χ4v) is 2.84. The molecule has 2 aromatic heterocycles. The van der Waals surface area contributed by atoms with Crippen LogP contribution < -0.4 is 5.32 Å². The normalized spacial score (nSPS) is 12.7. The molecule has 0 bridgehead atoms. The van der Waals surface area contributed by atoms with Crippen LogP contribution in [0.3, 0.4) is 0 Å². The maximum absolute atomic E-state index is 4.65. The molecular formula is C14H14N4S. The van der Waals surface area contributed by atoms with Crippen LogP contribution >= 0.6 is 11.3 Å². The van der Waals surface area contributed by atoms with Crippen LogP contribution in [0.5, 0.6) is 0 Å². The number of para-hydroxylation sites is 1. The van der Waals surface area contributed by atoms with Gasteiger partial charge < -0.3 is 5.32 Å². The van der Waals surface area contributed by atoms with E-state index in [9.17, 15) is 0 Å². The summed E-state index contributed by atoms with van der Waals surface area (Å²) >= 11 is 1.73. The highest BCUT2D eigenvalue weighted by Crippen LogP contribution is 2.26. The van der Waals surface area contributed by atoms with E-state index in [0.29, 0.717) is 0 Å². The van der Waals surface area contributed by atoms with Crippen molar-refractivity contribution in [2.75, 3.05) is 0 Å². The SMILES string of the molecule is CC(NCc1ccncn1)c1nc2ccccc2s1. The number of nitrogens with zero attached hydrogens (tertiary/aromatic N) is 3. The molecule has 1 unspecified atom stereocenters. The average Bonchev–Trinajstić information content (AvgIpc) is 2.90. The number of thiazole rings is 1. The van der Waals surface area contributed by atoms with Crippen LogP contribution in [-0.2, 0) is 6.54 Å². The summed E-state index contributed by atoms with van der Waals surface area (Å²) in [5, 5.41) is 4.54. The lowest BCUT2D eigenvalue weighted by Gasteiger charge is -2.09. The van der Waals surface area contributed by atoms with E-state index in [1.165, 1.54) is 4.70 Å². The van der Waals surface area contributed by atoms with Crippen LogP contribution in [0.2, 0.25) is 0 Å². The van der Waals surface area contributed by atoms with E-state index in [0.717, 1.165) is 22.8 Å². The van der Waals surface area contributed by atoms with Gasteiger partial charge in [0.05, 0.1) is 22.0 Å². The Kier molecular flexibility index (Phi) is 3.48. The Morgan fingerprint density at radius 3 is 2.95 bits per heavy atom. The van der Waals surface area contributed by atoms with Gasteiger partial charge >= 0.3 is 0 Å². The third kappa shape index (κ3) is 2.77. The number of hydrogen-bond acceptors (Lipinski definition) is 5. The van der Waals surface area contributed by atoms with E-state index >= 15 is 0 Å². The fourth-order valence-electron chi connectivity index (χ4n) is 1.84. The van der Waals surface area contributed by atoms with Gasteiger partial charge in [0.1, 0.15) is 11.3 Å². The first-order valence-corrected chi connectivity index (χ1v) is 6.98. The van der Waals surface area contributed by atoms with Gasteiger partial charge in [0, 0.05) is 12.7 Å². The van der Waals surface area contributed by atoms with Crippen LogP contribution in [0.4, 0.5) is 0 Å². The van der Waals surface area contributed by atoms with Crippen molar-refractivity contribution >= 4 is 21.6 Å². The Balaban J connectivity index is 1.71. The highest BCUT2D eigenvalue weighted by molar-refractivity contribution is 7.18. The number of benzene rings is 1. The van der Waals surface area contributed by atoms with E-state index in [1.807, 2.05) is 24.3 Å². The first-order valence-electron chi connectivity index (χ1n) is 6.16. The third-order valence-electron chi connectivity index (χ3n) is 2.91. The third-order valence-corrected chi connectivity index (χ3v) is 4.13. The minimum absolute atomic E-state index is 0.215. The summed E-state index contributed by atoms with van der Waals surface area (Å²) in [6.07, 6.45) is 3.33. The van der Waals surface area contributed by atoms with Gasteiger partial charge in [-0.05, 0) is 25.1 Å². The van der Waals surface area contributed by atoms with Crippen molar-refractivity contribution in [2.24, 2.45) is 0 Å². The van der Waals surface area contributed by atoms with Crippen molar-refractivity contribution in [3.8, 4) is 0 Å². The Bertz CT molecular complexity index is 632. The standard InChI is InChI=1S/C14H14N4S/c1-10(16-8-11-6-7-15-9-17-11)14-18-12-4-2-3-5-13(12)19-14/h2-7,9-10,16H,8H2,1H3. The van der Waals surface area contributed by atoms with E-state index in [1.54, 1.807) is 23.9 Å². The molecule has 2 heterocycles. The molecule has 0 fully saturated rings. The predicted octanol–water partition coefficient (Wildman–Crippen LogP) is 2.94. The molecule has 0 aliphatic heterocycles. The van der Waals surface area contributed by atoms with Gasteiger partial charge in [0.25, 0.3) is 0 Å². The van der Waals surface area contributed by atoms with Gasteiger partial charge in [-0.1, -0.05) is 12.1 Å². The van der Waals surface area contributed by atoms with Gasteiger partial charge in [-0.3, -0.25) is 0 Å². The molecule has 4 nitrogen and oxygen atoms in total. The largest absolute Gasteiger partial charge is 0.302 e. The second-order valence-electron chi connectivity index (χ2n) is 4.32. The maximum atomic E-state index is 4.65. The summed E-state index contributed by atoms with van der Waals surface area (Å²) < 4.78 is 1.23. The van der Waals surface area contributed by atoms with E-state index in [4.69, 9.17) is 0 Å². The van der Waals surface area contributed by atoms with Crippen molar-refractivity contribution in [1.29, 1.82) is 0 Å². The zero-order valence-electron chi connectivity index (χ0n) is 10.6. The molecule has 0 saturated carbocycles. The molecular weight excluding hydrogens is 256 g/mol. The van der Waals surface area contributed by atoms with Crippen LogP contribution in [0, 0.1) is 0 Å². The van der Waals surface area contributed by atoms with Gasteiger partial charge in [-0.15, -0.1) is 11.3 Å². The van der Waals surface area contributed by atoms with Gasteiger partial charge in [0.15, 0.2) is 0 Å². The lowest BCUT2D eigenvalue weighted by Crippen LogP contribution is -2.18. The Labute approximate surface area is 115 Å². The first-order chi connectivity index (χ1) is 9.33. The monoisotopic (exact) mass is 270 g/mol. The van der Waals surface area contributed by atoms with Crippen molar-refractivity contribution in [3.05, 3.63) is 53.6 Å². The molecule has 19 heavy (non-hydrogen) atoms. The summed E-state index contributed by atoms with van der Waals surface area (Å²) in [7, 11) is 0. The first kappa shape index (κ1) is 12.2. The Morgan fingerprint density at radius 2 is 2.16 bits per heavy atom. The molecule has 3 aromatic rings. The molecule has 96 valence electrons. The quantitative estimate of drug-likeness (QED) is 0.792. The van der Waals surface area contributed by atoms with E-state index < -0.39 is 0 Å². The van der Waals surface area contributed by atoms with Gasteiger partial charge in [0.2, 0.25) is 0 Å². The fraction of sp³-hybridized carbons (Fsp3) is 0.214. The number of aromatic nitrogens is 3. The Hall–Kier alpha value is -1.85. The molecule has 1 atom stereocenters. The van der Waals surface area contributed by atoms with Gasteiger partial charge in [-0.2, -0.15) is 0 Å². The molecule has 0 amide bonds. The second-order valence-corrected chi connectivity index (χ2v) is 5.39. The maximum Gasteiger partial charge on any atom is 0.115 e. The van der Waals surface area contributed by atoms with Crippen molar-refractivity contribution in [1.82, 2.24) is 20.3 Å². The van der Waals surface area contributed by atoms with Crippen LogP contribution in [0.1, 0.15) is 23.7 Å².